The highest BCUT2D eigenvalue weighted by Gasteiger charge is 2.42. The van der Waals surface area contributed by atoms with Gasteiger partial charge in [-0.05, 0) is 57.0 Å². The first-order chi connectivity index (χ1) is 11.5. The van der Waals surface area contributed by atoms with Crippen molar-refractivity contribution in [3.05, 3.63) is 53.1 Å². The number of nitrogens with one attached hydrogen (secondary N) is 1. The Bertz CT molecular complexity index is 792. The van der Waals surface area contributed by atoms with Crippen LogP contribution in [0.15, 0.2) is 53.1 Å². The Kier molecular flexibility index (Phi) is 3.42. The molecule has 1 amide bonds. The smallest absolute Gasteiger partial charge is 0.298 e. The minimum atomic E-state index is -0.0954. The number of rotatable bonds is 1. The van der Waals surface area contributed by atoms with Crippen LogP contribution in [0.2, 0.25) is 5.02 Å². The molecule has 0 spiro atoms. The van der Waals surface area contributed by atoms with Gasteiger partial charge in [0.25, 0.3) is 5.91 Å². The number of fused-ring (bicyclic) bond motifs is 2. The van der Waals surface area contributed by atoms with Gasteiger partial charge in [0, 0.05) is 29.0 Å². The van der Waals surface area contributed by atoms with E-state index in [1.165, 1.54) is 0 Å². The zero-order chi connectivity index (χ0) is 16.9. The molecular formula is C18H19ClN4O. The van der Waals surface area contributed by atoms with E-state index in [0.29, 0.717) is 17.4 Å². The second kappa shape index (κ2) is 5.38. The molecule has 24 heavy (non-hydrogen) atoms. The highest BCUT2D eigenvalue weighted by molar-refractivity contribution is 6.45. The van der Waals surface area contributed by atoms with Crippen LogP contribution in [0.3, 0.4) is 0 Å². The maximum Gasteiger partial charge on any atom is 0.298 e. The fourth-order valence-electron chi connectivity index (χ4n) is 3.33. The van der Waals surface area contributed by atoms with Gasteiger partial charge in [0.15, 0.2) is 0 Å². The third-order valence-electron chi connectivity index (χ3n) is 4.58. The van der Waals surface area contributed by atoms with Crippen LogP contribution in [0.1, 0.15) is 26.7 Å². The Morgan fingerprint density at radius 1 is 1.25 bits per heavy atom. The second-order valence-corrected chi connectivity index (χ2v) is 7.31. The molecule has 0 aromatic heterocycles. The SMILES string of the molecule is CC1(C)CCC2=C(N1)N1CC=CN=C1C(=O)N2c1ccc(Cl)cc1. The van der Waals surface area contributed by atoms with Crippen LogP contribution in [0.4, 0.5) is 5.69 Å². The van der Waals surface area contributed by atoms with Crippen LogP contribution < -0.4 is 10.2 Å². The number of anilines is 1. The number of carbonyl (C=O) groups is 1. The van der Waals surface area contributed by atoms with Crippen molar-refractivity contribution in [2.75, 3.05) is 11.4 Å². The molecule has 0 aliphatic carbocycles. The van der Waals surface area contributed by atoms with E-state index in [0.717, 1.165) is 30.0 Å². The fraction of sp³-hybridized carbons (Fsp3) is 0.333. The van der Waals surface area contributed by atoms with Crippen LogP contribution in [-0.4, -0.2) is 28.7 Å². The lowest BCUT2D eigenvalue weighted by molar-refractivity contribution is -0.113. The van der Waals surface area contributed by atoms with Gasteiger partial charge in [0.2, 0.25) is 5.84 Å². The average molecular weight is 343 g/mol. The van der Waals surface area contributed by atoms with Gasteiger partial charge in [-0.15, -0.1) is 0 Å². The maximum atomic E-state index is 13.1. The zero-order valence-corrected chi connectivity index (χ0v) is 14.5. The van der Waals surface area contributed by atoms with Crippen molar-refractivity contribution in [1.29, 1.82) is 0 Å². The van der Waals surface area contributed by atoms with Crippen LogP contribution in [0.25, 0.3) is 0 Å². The molecule has 3 aliphatic rings. The van der Waals surface area contributed by atoms with E-state index in [2.05, 4.69) is 24.2 Å². The Hall–Kier alpha value is -2.27. The van der Waals surface area contributed by atoms with E-state index in [4.69, 9.17) is 11.6 Å². The number of nitrogens with zero attached hydrogens (tertiary/aromatic N) is 3. The van der Waals surface area contributed by atoms with Crippen molar-refractivity contribution in [1.82, 2.24) is 10.2 Å². The van der Waals surface area contributed by atoms with E-state index in [9.17, 15) is 4.79 Å². The largest absolute Gasteiger partial charge is 0.365 e. The summed E-state index contributed by atoms with van der Waals surface area (Å²) < 4.78 is 0. The number of hydrogen-bond acceptors (Lipinski definition) is 4. The number of benzene rings is 1. The summed E-state index contributed by atoms with van der Waals surface area (Å²) in [5.41, 5.74) is 1.79. The van der Waals surface area contributed by atoms with Crippen LogP contribution in [-0.2, 0) is 4.79 Å². The topological polar surface area (TPSA) is 47.9 Å². The summed E-state index contributed by atoms with van der Waals surface area (Å²) in [6.07, 6.45) is 5.45. The number of aliphatic imine (C=N–C) groups is 1. The van der Waals surface area contributed by atoms with E-state index in [-0.39, 0.29) is 11.4 Å². The second-order valence-electron chi connectivity index (χ2n) is 6.87. The molecule has 0 saturated heterocycles. The Morgan fingerprint density at radius 3 is 2.75 bits per heavy atom. The predicted molar refractivity (Wildman–Crippen MR) is 95.7 cm³/mol. The van der Waals surface area contributed by atoms with Gasteiger partial charge in [-0.25, -0.2) is 4.99 Å². The summed E-state index contributed by atoms with van der Waals surface area (Å²) in [6.45, 7) is 5.01. The molecule has 1 aromatic carbocycles. The molecule has 0 saturated carbocycles. The van der Waals surface area contributed by atoms with Gasteiger partial charge in [0.05, 0.1) is 5.70 Å². The summed E-state index contributed by atoms with van der Waals surface area (Å²) in [4.78, 5) is 21.2. The van der Waals surface area contributed by atoms with Crippen LogP contribution in [0, 0.1) is 0 Å². The molecule has 1 aromatic rings. The maximum absolute atomic E-state index is 13.1. The number of carbonyl (C=O) groups excluding carboxylic acids is 1. The number of amidine groups is 1. The quantitative estimate of drug-likeness (QED) is 0.852. The summed E-state index contributed by atoms with van der Waals surface area (Å²) in [7, 11) is 0. The molecule has 0 unspecified atom stereocenters. The standard InChI is InChI=1S/C18H19ClN4O/c1-18(2)9-8-14-15(21-18)22-11-3-10-20-16(22)17(24)23(14)13-6-4-12(19)5-7-13/h3-7,10,21H,8-9,11H2,1-2H3. The van der Waals surface area contributed by atoms with Crippen molar-refractivity contribution < 1.29 is 4.79 Å². The Balaban J connectivity index is 1.87. The predicted octanol–water partition coefficient (Wildman–Crippen LogP) is 3.25. The Morgan fingerprint density at radius 2 is 2.00 bits per heavy atom. The summed E-state index contributed by atoms with van der Waals surface area (Å²) in [5, 5.41) is 4.25. The first-order valence-electron chi connectivity index (χ1n) is 8.08. The van der Waals surface area contributed by atoms with Gasteiger partial charge in [0.1, 0.15) is 5.82 Å². The molecular weight excluding hydrogens is 324 g/mol. The van der Waals surface area contributed by atoms with Crippen LogP contribution in [0.5, 0.6) is 0 Å². The number of halogens is 1. The average Bonchev–Trinajstić information content (AvgIpc) is 2.57. The van der Waals surface area contributed by atoms with Crippen molar-refractivity contribution >= 4 is 29.0 Å². The fourth-order valence-corrected chi connectivity index (χ4v) is 3.46. The molecule has 3 heterocycles. The molecule has 4 rings (SSSR count). The lowest BCUT2D eigenvalue weighted by atomic mass is 9.91. The molecule has 5 nitrogen and oxygen atoms in total. The first-order valence-corrected chi connectivity index (χ1v) is 8.46. The minimum absolute atomic E-state index is 0.0167. The summed E-state index contributed by atoms with van der Waals surface area (Å²) in [5.74, 6) is 1.34. The van der Waals surface area contributed by atoms with Crippen molar-refractivity contribution in [2.24, 2.45) is 4.99 Å². The molecule has 0 bridgehead atoms. The monoisotopic (exact) mass is 342 g/mol. The number of hydrogen-bond donors (Lipinski definition) is 1. The van der Waals surface area contributed by atoms with Crippen molar-refractivity contribution in [3.63, 3.8) is 0 Å². The van der Waals surface area contributed by atoms with Crippen molar-refractivity contribution in [3.8, 4) is 0 Å². The third kappa shape index (κ3) is 2.40. The van der Waals surface area contributed by atoms with Crippen LogP contribution >= 0.6 is 11.6 Å². The third-order valence-corrected chi connectivity index (χ3v) is 4.83. The first kappa shape index (κ1) is 15.3. The Labute approximate surface area is 146 Å². The number of allylic oxidation sites excluding steroid dienone is 1. The highest BCUT2D eigenvalue weighted by atomic mass is 35.5. The lowest BCUT2D eigenvalue weighted by Gasteiger charge is -2.46. The minimum Gasteiger partial charge on any atom is -0.365 e. The van der Waals surface area contributed by atoms with Gasteiger partial charge >= 0.3 is 0 Å². The molecule has 124 valence electrons. The van der Waals surface area contributed by atoms with Gasteiger partial charge in [-0.2, -0.15) is 0 Å². The molecule has 0 radical (unpaired) electrons. The normalized spacial score (nSPS) is 22.0. The molecule has 1 N–H and O–H groups in total. The summed E-state index contributed by atoms with van der Waals surface area (Å²) in [6, 6.07) is 7.36. The van der Waals surface area contributed by atoms with E-state index < -0.39 is 0 Å². The summed E-state index contributed by atoms with van der Waals surface area (Å²) >= 11 is 6.00. The van der Waals surface area contributed by atoms with E-state index in [1.807, 2.05) is 23.1 Å². The zero-order valence-electron chi connectivity index (χ0n) is 13.7. The van der Waals surface area contributed by atoms with E-state index in [1.54, 1.807) is 23.2 Å². The highest BCUT2D eigenvalue weighted by Crippen LogP contribution is 2.36. The van der Waals surface area contributed by atoms with Gasteiger partial charge in [-0.1, -0.05) is 11.6 Å². The van der Waals surface area contributed by atoms with Crippen molar-refractivity contribution in [2.45, 2.75) is 32.2 Å². The molecule has 3 aliphatic heterocycles. The molecule has 0 fully saturated rings. The number of amides is 1. The van der Waals surface area contributed by atoms with Gasteiger partial charge < -0.3 is 10.2 Å². The molecule has 6 heteroatoms. The van der Waals surface area contributed by atoms with Gasteiger partial charge in [-0.3, -0.25) is 9.69 Å². The van der Waals surface area contributed by atoms with E-state index >= 15 is 0 Å². The lowest BCUT2D eigenvalue weighted by Crippen LogP contribution is -2.59. The molecule has 0 atom stereocenters.